The van der Waals surface area contributed by atoms with Crippen molar-refractivity contribution in [2.45, 2.75) is 0 Å². The van der Waals surface area contributed by atoms with Crippen LogP contribution in [0.25, 0.3) is 0 Å². The molecule has 0 saturated carbocycles. The highest BCUT2D eigenvalue weighted by atomic mass is 35.5. The summed E-state index contributed by atoms with van der Waals surface area (Å²) in [6.45, 7) is 0. The summed E-state index contributed by atoms with van der Waals surface area (Å²) in [4.78, 5) is 13.9. The Morgan fingerprint density at radius 1 is 1.48 bits per heavy atom. The first-order chi connectivity index (χ1) is 10.1. The van der Waals surface area contributed by atoms with Gasteiger partial charge < -0.3 is 9.76 Å². The van der Waals surface area contributed by atoms with Crippen LogP contribution in [0.1, 0.15) is 15.2 Å². The summed E-state index contributed by atoms with van der Waals surface area (Å²) in [7, 11) is 0.341. The summed E-state index contributed by atoms with van der Waals surface area (Å²) in [5.41, 5.74) is 1.27. The molecule has 0 fully saturated rings. The van der Waals surface area contributed by atoms with Crippen molar-refractivity contribution in [1.29, 1.82) is 0 Å². The molecule has 0 radical (unpaired) electrons. The third-order valence-corrected chi connectivity index (χ3v) is 4.25. The molecule has 1 aliphatic heterocycles. The molecule has 8 heteroatoms. The minimum absolute atomic E-state index is 0.395. The number of rotatable bonds is 2. The fourth-order valence-corrected chi connectivity index (χ4v) is 3.06. The first kappa shape index (κ1) is 14.1. The number of amides is 1. The average Bonchev–Trinajstić information content (AvgIpc) is 2.95. The van der Waals surface area contributed by atoms with Crippen molar-refractivity contribution < 1.29 is 14.6 Å². The Balaban J connectivity index is 1.95. The predicted octanol–water partition coefficient (Wildman–Crippen LogP) is 1.59. The molecule has 0 unspecified atom stereocenters. The molecule has 5 nitrogen and oxygen atoms in total. The van der Waals surface area contributed by atoms with Gasteiger partial charge >= 0.3 is 7.05 Å². The van der Waals surface area contributed by atoms with E-state index in [1.807, 2.05) is 0 Å². The highest BCUT2D eigenvalue weighted by Gasteiger charge is 2.35. The molecule has 1 aromatic carbocycles. The van der Waals surface area contributed by atoms with Gasteiger partial charge in [0.15, 0.2) is 0 Å². The summed E-state index contributed by atoms with van der Waals surface area (Å²) in [6, 6.07) is 6.74. The van der Waals surface area contributed by atoms with Crippen LogP contribution in [0.5, 0.6) is 5.75 Å². The number of carbonyl (C=O) groups is 1. The second kappa shape index (κ2) is 5.52. The van der Waals surface area contributed by atoms with E-state index in [4.69, 9.17) is 16.3 Å². The number of nitrogens with zero attached hydrogens (tertiary/aromatic N) is 2. The number of fused-ring (bicyclic) bond motifs is 1. The third kappa shape index (κ3) is 2.44. The monoisotopic (exact) mass is 320 g/mol. The van der Waals surface area contributed by atoms with Gasteiger partial charge in [0.2, 0.25) is 0 Å². The second-order valence-corrected chi connectivity index (χ2v) is 5.71. The lowest BCUT2D eigenvalue weighted by atomic mass is 9.69. The lowest BCUT2D eigenvalue weighted by Crippen LogP contribution is -2.52. The van der Waals surface area contributed by atoms with Gasteiger partial charge in [0.05, 0.1) is 13.3 Å². The third-order valence-electron chi connectivity index (χ3n) is 3.13. The van der Waals surface area contributed by atoms with Gasteiger partial charge in [-0.15, -0.1) is 11.3 Å². The van der Waals surface area contributed by atoms with Gasteiger partial charge in [-0.3, -0.25) is 4.79 Å². The van der Waals surface area contributed by atoms with E-state index in [1.54, 1.807) is 29.6 Å². The van der Waals surface area contributed by atoms with Crippen molar-refractivity contribution in [3.05, 3.63) is 45.1 Å². The van der Waals surface area contributed by atoms with Crippen LogP contribution in [0.2, 0.25) is 5.02 Å². The summed E-state index contributed by atoms with van der Waals surface area (Å²) in [6.07, 6.45) is 1.51. The minimum atomic E-state index is -1.15. The molecular formula is C13H10BClN2O3S. The molecule has 0 aliphatic carbocycles. The Bertz CT molecular complexity index is 734. The fraction of sp³-hybridized carbons (Fsp3) is 0.0769. The molecule has 106 valence electrons. The van der Waals surface area contributed by atoms with Crippen molar-refractivity contribution in [2.24, 2.45) is 5.10 Å². The Hall–Kier alpha value is -1.83. The molecule has 2 heterocycles. The van der Waals surface area contributed by atoms with Crippen molar-refractivity contribution in [2.75, 3.05) is 7.11 Å². The van der Waals surface area contributed by atoms with Gasteiger partial charge in [-0.25, -0.2) is 4.92 Å². The predicted molar refractivity (Wildman–Crippen MR) is 83.7 cm³/mol. The van der Waals surface area contributed by atoms with Gasteiger partial charge in [-0.05, 0) is 34.6 Å². The van der Waals surface area contributed by atoms with Crippen LogP contribution in [0.3, 0.4) is 0 Å². The summed E-state index contributed by atoms with van der Waals surface area (Å²) < 4.78 is 5.13. The van der Waals surface area contributed by atoms with Crippen LogP contribution >= 0.6 is 22.9 Å². The van der Waals surface area contributed by atoms with Crippen molar-refractivity contribution in [3.63, 3.8) is 0 Å². The molecule has 0 saturated heterocycles. The normalized spacial score (nSPS) is 13.3. The Morgan fingerprint density at radius 2 is 2.29 bits per heavy atom. The number of methoxy groups -OCH3 is 1. The van der Waals surface area contributed by atoms with E-state index in [-0.39, 0.29) is 0 Å². The number of hydrogen-bond donors (Lipinski definition) is 1. The van der Waals surface area contributed by atoms with E-state index in [0.29, 0.717) is 26.7 Å². The first-order valence-electron chi connectivity index (χ1n) is 6.08. The van der Waals surface area contributed by atoms with Crippen LogP contribution in [0.4, 0.5) is 0 Å². The van der Waals surface area contributed by atoms with E-state index < -0.39 is 13.0 Å². The molecule has 21 heavy (non-hydrogen) atoms. The molecule has 1 N–H and O–H groups in total. The van der Waals surface area contributed by atoms with E-state index in [9.17, 15) is 9.82 Å². The molecular weight excluding hydrogens is 310 g/mol. The average molecular weight is 321 g/mol. The van der Waals surface area contributed by atoms with Crippen LogP contribution in [-0.4, -0.2) is 36.2 Å². The van der Waals surface area contributed by atoms with Crippen LogP contribution in [-0.2, 0) is 0 Å². The number of hydrazone groups is 1. The van der Waals surface area contributed by atoms with Crippen LogP contribution in [0.15, 0.2) is 34.7 Å². The first-order valence-corrected chi connectivity index (χ1v) is 7.34. The van der Waals surface area contributed by atoms with E-state index in [1.165, 1.54) is 24.7 Å². The summed E-state index contributed by atoms with van der Waals surface area (Å²) >= 11 is 7.14. The van der Waals surface area contributed by atoms with Gasteiger partial charge in [-0.1, -0.05) is 17.7 Å². The molecule has 3 rings (SSSR count). The topological polar surface area (TPSA) is 62.1 Å². The molecule has 0 spiro atoms. The minimum Gasteiger partial charge on any atom is -0.495 e. The zero-order valence-electron chi connectivity index (χ0n) is 11.0. The molecule has 1 aromatic heterocycles. The molecule has 1 amide bonds. The zero-order valence-corrected chi connectivity index (χ0v) is 12.6. The van der Waals surface area contributed by atoms with Crippen molar-refractivity contribution in [3.8, 4) is 5.75 Å². The molecule has 1 aliphatic rings. The number of halogens is 1. The van der Waals surface area contributed by atoms with Gasteiger partial charge in [-0.2, -0.15) is 5.10 Å². The van der Waals surface area contributed by atoms with Gasteiger partial charge in [0.25, 0.3) is 5.91 Å². The van der Waals surface area contributed by atoms with Gasteiger partial charge in [0.1, 0.15) is 10.6 Å². The number of thiophene rings is 1. The second-order valence-electron chi connectivity index (χ2n) is 4.36. The number of ether oxygens (including phenoxy) is 1. The standard InChI is InChI=1S/C13H10BClN2O3S/c1-20-11-4-5-21-12(11)13(18)17-14(19)10-3-2-9(15)6-8(10)7-16-17/h2-7,19H,1H3. The Labute approximate surface area is 130 Å². The van der Waals surface area contributed by atoms with Gasteiger partial charge in [0, 0.05) is 5.02 Å². The zero-order chi connectivity index (χ0) is 15.0. The lowest BCUT2D eigenvalue weighted by molar-refractivity contribution is 0.0847. The number of carbonyl (C=O) groups excluding carboxylic acids is 1. The lowest BCUT2D eigenvalue weighted by Gasteiger charge is -2.24. The van der Waals surface area contributed by atoms with E-state index in [2.05, 4.69) is 5.10 Å². The molecule has 0 atom stereocenters. The molecule has 2 aromatic rings. The maximum absolute atomic E-state index is 12.5. The quantitative estimate of drug-likeness (QED) is 0.855. The van der Waals surface area contributed by atoms with Crippen LogP contribution < -0.4 is 10.2 Å². The highest BCUT2D eigenvalue weighted by Crippen LogP contribution is 2.27. The number of benzene rings is 1. The smallest absolute Gasteiger partial charge is 0.474 e. The SMILES string of the molecule is COc1ccsc1C(=O)N1N=Cc2cc(Cl)ccc2B1O. The van der Waals surface area contributed by atoms with Crippen LogP contribution in [0, 0.1) is 0 Å². The Kier molecular flexibility index (Phi) is 3.71. The summed E-state index contributed by atoms with van der Waals surface area (Å²) in [5, 5.41) is 16.7. The van der Waals surface area contributed by atoms with E-state index in [0.717, 1.165) is 4.92 Å². The molecule has 0 bridgehead atoms. The van der Waals surface area contributed by atoms with Crippen molar-refractivity contribution >= 4 is 47.6 Å². The van der Waals surface area contributed by atoms with Crippen molar-refractivity contribution in [1.82, 2.24) is 4.92 Å². The number of hydrogen-bond acceptors (Lipinski definition) is 5. The van der Waals surface area contributed by atoms with E-state index >= 15 is 0 Å². The maximum Gasteiger partial charge on any atom is 0.474 e. The fourth-order valence-electron chi connectivity index (χ4n) is 2.09. The summed E-state index contributed by atoms with van der Waals surface area (Å²) in [5.74, 6) is 0.0560. The maximum atomic E-state index is 12.5. The highest BCUT2D eigenvalue weighted by molar-refractivity contribution is 7.12. The Morgan fingerprint density at radius 3 is 3.05 bits per heavy atom. The largest absolute Gasteiger partial charge is 0.495 e.